The van der Waals surface area contributed by atoms with Gasteiger partial charge in [0.15, 0.2) is 0 Å². The summed E-state index contributed by atoms with van der Waals surface area (Å²) in [5.41, 5.74) is 1.01. The third-order valence-electron chi connectivity index (χ3n) is 7.43. The van der Waals surface area contributed by atoms with E-state index in [1.165, 1.54) is 45.6 Å². The van der Waals surface area contributed by atoms with Crippen LogP contribution < -0.4 is 0 Å². The van der Waals surface area contributed by atoms with Gasteiger partial charge in [0, 0.05) is 6.42 Å². The van der Waals surface area contributed by atoms with Gasteiger partial charge in [-0.2, -0.15) is 0 Å². The molecule has 0 aromatic carbocycles. The van der Waals surface area contributed by atoms with Crippen LogP contribution in [0.1, 0.15) is 86.0 Å². The van der Waals surface area contributed by atoms with Gasteiger partial charge >= 0.3 is 5.97 Å². The van der Waals surface area contributed by atoms with E-state index in [-0.39, 0.29) is 5.97 Å². The molecule has 0 aromatic heterocycles. The van der Waals surface area contributed by atoms with Gasteiger partial charge < -0.3 is 4.74 Å². The Labute approximate surface area is 143 Å². The Bertz CT molecular complexity index is 414. The van der Waals surface area contributed by atoms with Gasteiger partial charge in [0.05, 0.1) is 7.11 Å². The van der Waals surface area contributed by atoms with Crippen molar-refractivity contribution in [1.82, 2.24) is 0 Å². The molecule has 2 aliphatic rings. The van der Waals surface area contributed by atoms with Gasteiger partial charge in [-0.1, -0.05) is 47.5 Å². The molecule has 0 aromatic rings. The number of rotatable bonds is 5. The smallest absolute Gasteiger partial charge is 0.305 e. The SMILES string of the molecule is COC(=O)CC(C)CCC1C(C)CCC2C(C)(C)CCCC12C. The molecule has 0 radical (unpaired) electrons. The first kappa shape index (κ1) is 18.8. The molecular formula is C21H38O2. The van der Waals surface area contributed by atoms with E-state index >= 15 is 0 Å². The van der Waals surface area contributed by atoms with E-state index in [1.807, 2.05) is 0 Å². The van der Waals surface area contributed by atoms with Crippen molar-refractivity contribution in [3.8, 4) is 0 Å². The molecule has 0 spiro atoms. The minimum absolute atomic E-state index is 0.0583. The summed E-state index contributed by atoms with van der Waals surface area (Å²) in [5.74, 6) is 2.91. The third kappa shape index (κ3) is 3.94. The quantitative estimate of drug-likeness (QED) is 0.594. The summed E-state index contributed by atoms with van der Waals surface area (Å²) in [4.78, 5) is 11.5. The van der Waals surface area contributed by atoms with Crippen molar-refractivity contribution in [3.05, 3.63) is 0 Å². The Hall–Kier alpha value is -0.530. The van der Waals surface area contributed by atoms with Crippen LogP contribution in [0, 0.1) is 34.5 Å². The van der Waals surface area contributed by atoms with Gasteiger partial charge in [-0.15, -0.1) is 0 Å². The number of ether oxygens (including phenoxy) is 1. The summed E-state index contributed by atoms with van der Waals surface area (Å²) in [7, 11) is 1.49. The molecule has 0 bridgehead atoms. The van der Waals surface area contributed by atoms with Gasteiger partial charge in [-0.25, -0.2) is 0 Å². The topological polar surface area (TPSA) is 26.3 Å². The maximum absolute atomic E-state index is 11.5. The van der Waals surface area contributed by atoms with E-state index in [0.717, 1.165) is 24.2 Å². The molecule has 2 fully saturated rings. The third-order valence-corrected chi connectivity index (χ3v) is 7.43. The van der Waals surface area contributed by atoms with Gasteiger partial charge in [0.1, 0.15) is 0 Å². The van der Waals surface area contributed by atoms with E-state index in [1.54, 1.807) is 0 Å². The van der Waals surface area contributed by atoms with Crippen LogP contribution in [0.15, 0.2) is 0 Å². The average Bonchev–Trinajstić information content (AvgIpc) is 2.45. The Morgan fingerprint density at radius 3 is 2.57 bits per heavy atom. The second kappa shape index (κ2) is 7.15. The summed E-state index contributed by atoms with van der Waals surface area (Å²) < 4.78 is 4.83. The van der Waals surface area contributed by atoms with Gasteiger partial charge in [-0.3, -0.25) is 4.79 Å². The number of fused-ring (bicyclic) bond motifs is 1. The molecule has 2 rings (SSSR count). The van der Waals surface area contributed by atoms with Gasteiger partial charge in [0.25, 0.3) is 0 Å². The lowest BCUT2D eigenvalue weighted by molar-refractivity contribution is -0.141. The van der Waals surface area contributed by atoms with Crippen molar-refractivity contribution in [2.45, 2.75) is 86.0 Å². The van der Waals surface area contributed by atoms with Crippen LogP contribution in [-0.4, -0.2) is 13.1 Å². The molecule has 23 heavy (non-hydrogen) atoms. The van der Waals surface area contributed by atoms with Crippen LogP contribution in [0.4, 0.5) is 0 Å². The summed E-state index contributed by atoms with van der Waals surface area (Å²) in [6.07, 6.45) is 10.0. The standard InChI is InChI=1S/C21H38O2/c1-15(14-19(22)23-6)8-10-17-16(2)9-11-18-20(3,4)12-7-13-21(17,18)5/h15-18H,7-14H2,1-6H3. The largest absolute Gasteiger partial charge is 0.469 e. The second-order valence-electron chi connectivity index (χ2n) is 9.52. The highest BCUT2D eigenvalue weighted by atomic mass is 16.5. The maximum Gasteiger partial charge on any atom is 0.305 e. The molecule has 0 aliphatic heterocycles. The Morgan fingerprint density at radius 1 is 1.22 bits per heavy atom. The van der Waals surface area contributed by atoms with Gasteiger partial charge in [-0.05, 0) is 66.6 Å². The Kier molecular flexibility index (Phi) is 5.85. The summed E-state index contributed by atoms with van der Waals surface area (Å²) in [6, 6.07) is 0. The zero-order valence-corrected chi connectivity index (χ0v) is 16.3. The molecular weight excluding hydrogens is 284 g/mol. The minimum Gasteiger partial charge on any atom is -0.469 e. The predicted octanol–water partition coefficient (Wildman–Crippen LogP) is 5.84. The van der Waals surface area contributed by atoms with Crippen LogP contribution in [0.3, 0.4) is 0 Å². The van der Waals surface area contributed by atoms with E-state index in [4.69, 9.17) is 4.74 Å². The number of esters is 1. The number of hydrogen-bond acceptors (Lipinski definition) is 2. The van der Waals surface area contributed by atoms with E-state index in [0.29, 0.717) is 23.2 Å². The fraction of sp³-hybridized carbons (Fsp3) is 0.952. The molecule has 2 nitrogen and oxygen atoms in total. The molecule has 0 heterocycles. The molecule has 134 valence electrons. The normalized spacial score (nSPS) is 37.7. The van der Waals surface area contributed by atoms with Crippen molar-refractivity contribution >= 4 is 5.97 Å². The fourth-order valence-corrected chi connectivity index (χ4v) is 6.16. The van der Waals surface area contributed by atoms with Crippen molar-refractivity contribution in [1.29, 1.82) is 0 Å². The van der Waals surface area contributed by atoms with E-state index in [2.05, 4.69) is 34.6 Å². The fourth-order valence-electron chi connectivity index (χ4n) is 6.16. The molecule has 2 saturated carbocycles. The van der Waals surface area contributed by atoms with Gasteiger partial charge in [0.2, 0.25) is 0 Å². The lowest BCUT2D eigenvalue weighted by Gasteiger charge is -2.59. The summed E-state index contributed by atoms with van der Waals surface area (Å²) >= 11 is 0. The maximum atomic E-state index is 11.5. The average molecular weight is 323 g/mol. The van der Waals surface area contributed by atoms with Crippen LogP contribution >= 0.6 is 0 Å². The highest BCUT2D eigenvalue weighted by Gasteiger charge is 2.53. The Balaban J connectivity index is 2.05. The highest BCUT2D eigenvalue weighted by molar-refractivity contribution is 5.69. The number of carbonyl (C=O) groups excluding carboxylic acids is 1. The molecule has 2 heteroatoms. The van der Waals surface area contributed by atoms with E-state index < -0.39 is 0 Å². The highest BCUT2D eigenvalue weighted by Crippen LogP contribution is 2.62. The van der Waals surface area contributed by atoms with E-state index in [9.17, 15) is 4.79 Å². The predicted molar refractivity (Wildman–Crippen MR) is 96.1 cm³/mol. The van der Waals surface area contributed by atoms with Crippen LogP contribution in [-0.2, 0) is 9.53 Å². The van der Waals surface area contributed by atoms with Crippen molar-refractivity contribution in [2.24, 2.45) is 34.5 Å². The lowest BCUT2D eigenvalue weighted by atomic mass is 9.46. The molecule has 0 saturated heterocycles. The Morgan fingerprint density at radius 2 is 1.91 bits per heavy atom. The molecule has 5 atom stereocenters. The van der Waals surface area contributed by atoms with Crippen LogP contribution in [0.5, 0.6) is 0 Å². The molecule has 5 unspecified atom stereocenters. The molecule has 0 amide bonds. The van der Waals surface area contributed by atoms with Crippen molar-refractivity contribution < 1.29 is 9.53 Å². The second-order valence-corrected chi connectivity index (χ2v) is 9.52. The minimum atomic E-state index is -0.0583. The molecule has 2 aliphatic carbocycles. The zero-order chi connectivity index (χ0) is 17.3. The number of carbonyl (C=O) groups is 1. The first-order chi connectivity index (χ1) is 10.7. The van der Waals surface area contributed by atoms with Crippen LogP contribution in [0.25, 0.3) is 0 Å². The number of methoxy groups -OCH3 is 1. The first-order valence-corrected chi connectivity index (χ1v) is 9.77. The summed E-state index contributed by atoms with van der Waals surface area (Å²) in [5, 5.41) is 0. The van der Waals surface area contributed by atoms with Crippen molar-refractivity contribution in [2.75, 3.05) is 7.11 Å². The summed E-state index contributed by atoms with van der Waals surface area (Å²) in [6.45, 7) is 12.3. The lowest BCUT2D eigenvalue weighted by Crippen LogP contribution is -2.51. The monoisotopic (exact) mass is 322 g/mol. The first-order valence-electron chi connectivity index (χ1n) is 9.77. The molecule has 0 N–H and O–H groups in total. The zero-order valence-electron chi connectivity index (χ0n) is 16.3. The van der Waals surface area contributed by atoms with Crippen molar-refractivity contribution in [3.63, 3.8) is 0 Å². The van der Waals surface area contributed by atoms with Crippen LogP contribution in [0.2, 0.25) is 0 Å². The number of hydrogen-bond donors (Lipinski definition) is 0.